The first kappa shape index (κ1) is 22.7. The minimum Gasteiger partial charge on any atom is -0.475 e. The fourth-order valence-electron chi connectivity index (χ4n) is 3.93. The van der Waals surface area contributed by atoms with Crippen LogP contribution in [-0.4, -0.2) is 55.2 Å². The van der Waals surface area contributed by atoms with Crippen molar-refractivity contribution in [2.24, 2.45) is 5.92 Å². The SMILES string of the molecule is O=C(O)C(F)(F)F.c1csc(CN2CCC(Cn3cc(C4CCCC4)nn3)CC2)n1. The summed E-state index contributed by atoms with van der Waals surface area (Å²) < 4.78 is 33.8. The first-order valence-electron chi connectivity index (χ1n) is 10.1. The van der Waals surface area contributed by atoms with E-state index in [0.717, 1.165) is 19.0 Å². The molecule has 0 aromatic carbocycles. The lowest BCUT2D eigenvalue weighted by molar-refractivity contribution is -0.192. The van der Waals surface area contributed by atoms with Crippen LogP contribution in [0.3, 0.4) is 0 Å². The van der Waals surface area contributed by atoms with E-state index < -0.39 is 12.1 Å². The lowest BCUT2D eigenvalue weighted by Crippen LogP contribution is -2.34. The minimum absolute atomic E-state index is 0.670. The van der Waals surface area contributed by atoms with Crippen molar-refractivity contribution in [1.82, 2.24) is 24.9 Å². The molecule has 30 heavy (non-hydrogen) atoms. The molecule has 4 rings (SSSR count). The van der Waals surface area contributed by atoms with E-state index in [-0.39, 0.29) is 0 Å². The second-order valence-corrected chi connectivity index (χ2v) is 8.77. The maximum atomic E-state index is 10.6. The number of likely N-dealkylation sites (tertiary alicyclic amines) is 1. The predicted octanol–water partition coefficient (Wildman–Crippen LogP) is 3.94. The topological polar surface area (TPSA) is 84.1 Å². The summed E-state index contributed by atoms with van der Waals surface area (Å²) in [7, 11) is 0. The van der Waals surface area contributed by atoms with Gasteiger partial charge in [-0.1, -0.05) is 18.1 Å². The molecule has 0 bridgehead atoms. The maximum Gasteiger partial charge on any atom is 0.490 e. The molecule has 1 saturated heterocycles. The lowest BCUT2D eigenvalue weighted by atomic mass is 9.97. The zero-order valence-electron chi connectivity index (χ0n) is 16.6. The predicted molar refractivity (Wildman–Crippen MR) is 105 cm³/mol. The highest BCUT2D eigenvalue weighted by Gasteiger charge is 2.38. The Morgan fingerprint density at radius 3 is 2.43 bits per heavy atom. The summed E-state index contributed by atoms with van der Waals surface area (Å²) >= 11 is 1.76. The third-order valence-electron chi connectivity index (χ3n) is 5.57. The number of rotatable bonds is 5. The number of thiazole rings is 1. The van der Waals surface area contributed by atoms with Gasteiger partial charge in [-0.25, -0.2) is 9.78 Å². The third-order valence-corrected chi connectivity index (χ3v) is 6.33. The van der Waals surface area contributed by atoms with Crippen molar-refractivity contribution in [3.8, 4) is 0 Å². The molecule has 0 amide bonds. The Labute approximate surface area is 176 Å². The standard InChI is InChI=1S/C17H25N5S.C2HF3O2/c1-2-4-15(3-1)16-12-22(20-19-16)11-14-5-8-21(9-6-14)13-17-18-7-10-23-17;3-2(4,5)1(6)7/h7,10,12,14-15H,1-6,8-9,11,13H2;(H,6,7). The van der Waals surface area contributed by atoms with Gasteiger partial charge in [0.2, 0.25) is 0 Å². The zero-order chi connectivity index (χ0) is 21.6. The highest BCUT2D eigenvalue weighted by atomic mass is 32.1. The van der Waals surface area contributed by atoms with Crippen LogP contribution in [-0.2, 0) is 17.9 Å². The van der Waals surface area contributed by atoms with E-state index in [0.29, 0.717) is 5.92 Å². The number of carboxylic acids is 1. The van der Waals surface area contributed by atoms with Crippen molar-refractivity contribution >= 4 is 17.3 Å². The molecule has 0 atom stereocenters. The summed E-state index contributed by atoms with van der Waals surface area (Å²) in [6.07, 6.45) is 6.84. The zero-order valence-corrected chi connectivity index (χ0v) is 17.4. The number of piperidine rings is 1. The van der Waals surface area contributed by atoms with Gasteiger partial charge < -0.3 is 5.11 Å². The van der Waals surface area contributed by atoms with Gasteiger partial charge in [0.15, 0.2) is 0 Å². The highest BCUT2D eigenvalue weighted by Crippen LogP contribution is 2.32. The van der Waals surface area contributed by atoms with Crippen molar-refractivity contribution in [3.05, 3.63) is 28.5 Å². The van der Waals surface area contributed by atoms with Crippen LogP contribution in [0.15, 0.2) is 17.8 Å². The second kappa shape index (κ2) is 10.3. The van der Waals surface area contributed by atoms with Gasteiger partial charge in [0, 0.05) is 30.2 Å². The number of aliphatic carboxylic acids is 1. The third kappa shape index (κ3) is 6.76. The van der Waals surface area contributed by atoms with Crippen LogP contribution < -0.4 is 0 Å². The summed E-state index contributed by atoms with van der Waals surface area (Å²) in [5, 5.41) is 19.2. The van der Waals surface area contributed by atoms with Crippen molar-refractivity contribution in [2.45, 2.75) is 63.7 Å². The Morgan fingerprint density at radius 2 is 1.87 bits per heavy atom. The molecule has 7 nitrogen and oxygen atoms in total. The molecule has 1 aliphatic carbocycles. The number of aromatic nitrogens is 4. The van der Waals surface area contributed by atoms with Gasteiger partial charge in [-0.3, -0.25) is 9.58 Å². The minimum atomic E-state index is -5.08. The quantitative estimate of drug-likeness (QED) is 0.751. The summed E-state index contributed by atoms with van der Waals surface area (Å²) in [4.78, 5) is 15.8. The number of hydrogen-bond acceptors (Lipinski definition) is 6. The number of halogens is 3. The van der Waals surface area contributed by atoms with Crippen LogP contribution in [0.5, 0.6) is 0 Å². The molecule has 1 N–H and O–H groups in total. The van der Waals surface area contributed by atoms with Gasteiger partial charge in [0.25, 0.3) is 0 Å². The molecule has 166 valence electrons. The van der Waals surface area contributed by atoms with Gasteiger partial charge in [-0.2, -0.15) is 13.2 Å². The molecule has 0 unspecified atom stereocenters. The van der Waals surface area contributed by atoms with E-state index >= 15 is 0 Å². The summed E-state index contributed by atoms with van der Waals surface area (Å²) in [5.41, 5.74) is 1.23. The average Bonchev–Trinajstić information content (AvgIpc) is 3.46. The van der Waals surface area contributed by atoms with Gasteiger partial charge >= 0.3 is 12.1 Å². The average molecular weight is 446 g/mol. The van der Waals surface area contributed by atoms with E-state index in [4.69, 9.17) is 9.90 Å². The Hall–Kier alpha value is -2.01. The second-order valence-electron chi connectivity index (χ2n) is 7.80. The Kier molecular flexibility index (Phi) is 7.81. The molecular weight excluding hydrogens is 419 g/mol. The van der Waals surface area contributed by atoms with Crippen molar-refractivity contribution in [1.29, 1.82) is 0 Å². The Balaban J connectivity index is 0.000000318. The summed E-state index contributed by atoms with van der Waals surface area (Å²) in [6, 6.07) is 0. The van der Waals surface area contributed by atoms with Crippen molar-refractivity contribution < 1.29 is 23.1 Å². The molecule has 2 aromatic rings. The highest BCUT2D eigenvalue weighted by molar-refractivity contribution is 7.09. The fourth-order valence-corrected chi connectivity index (χ4v) is 4.58. The largest absolute Gasteiger partial charge is 0.490 e. The number of alkyl halides is 3. The molecule has 2 aliphatic rings. The van der Waals surface area contributed by atoms with E-state index in [9.17, 15) is 13.2 Å². The molecule has 0 spiro atoms. The molecule has 11 heteroatoms. The van der Waals surface area contributed by atoms with Gasteiger partial charge in [-0.05, 0) is 44.7 Å². The first-order chi connectivity index (χ1) is 14.3. The number of carbonyl (C=O) groups is 1. The Morgan fingerprint density at radius 1 is 1.20 bits per heavy atom. The smallest absolute Gasteiger partial charge is 0.475 e. The molecule has 2 fully saturated rings. The summed E-state index contributed by atoms with van der Waals surface area (Å²) in [6.45, 7) is 4.40. The van der Waals surface area contributed by atoms with Crippen LogP contribution in [0.2, 0.25) is 0 Å². The molecular formula is C19H26F3N5O2S. The number of carboxylic acid groups (broad SMARTS) is 1. The normalized spacial score (nSPS) is 18.9. The van der Waals surface area contributed by atoms with Gasteiger partial charge in [-0.15, -0.1) is 16.4 Å². The molecule has 0 radical (unpaired) electrons. The monoisotopic (exact) mass is 445 g/mol. The molecule has 1 saturated carbocycles. The molecule has 2 aromatic heterocycles. The van der Waals surface area contributed by atoms with Gasteiger partial charge in [0.05, 0.1) is 12.2 Å². The van der Waals surface area contributed by atoms with E-state index in [1.54, 1.807) is 11.3 Å². The van der Waals surface area contributed by atoms with Gasteiger partial charge in [0.1, 0.15) is 5.01 Å². The molecule has 1 aliphatic heterocycles. The fraction of sp³-hybridized carbons (Fsp3) is 0.684. The van der Waals surface area contributed by atoms with E-state index in [1.807, 2.05) is 6.20 Å². The maximum absolute atomic E-state index is 10.6. The van der Waals surface area contributed by atoms with Crippen LogP contribution in [0, 0.1) is 5.92 Å². The Bertz CT molecular complexity index is 782. The summed E-state index contributed by atoms with van der Waals surface area (Å²) in [5.74, 6) is -1.35. The molecule has 3 heterocycles. The van der Waals surface area contributed by atoms with E-state index in [2.05, 4.69) is 36.5 Å². The van der Waals surface area contributed by atoms with Crippen molar-refractivity contribution in [3.63, 3.8) is 0 Å². The lowest BCUT2D eigenvalue weighted by Gasteiger charge is -2.31. The van der Waals surface area contributed by atoms with Crippen LogP contribution >= 0.6 is 11.3 Å². The first-order valence-corrected chi connectivity index (χ1v) is 11.0. The van der Waals surface area contributed by atoms with Crippen LogP contribution in [0.4, 0.5) is 13.2 Å². The van der Waals surface area contributed by atoms with Crippen molar-refractivity contribution in [2.75, 3.05) is 13.1 Å². The number of hydrogen-bond donors (Lipinski definition) is 1. The van der Waals surface area contributed by atoms with E-state index in [1.165, 1.54) is 62.3 Å². The van der Waals surface area contributed by atoms with Crippen LogP contribution in [0.1, 0.15) is 55.1 Å². The number of nitrogens with zero attached hydrogens (tertiary/aromatic N) is 5. The van der Waals surface area contributed by atoms with Crippen LogP contribution in [0.25, 0.3) is 0 Å².